The minimum atomic E-state index is -0.360. The Kier molecular flexibility index (Phi) is 5.81. The van der Waals surface area contributed by atoms with E-state index in [0.717, 1.165) is 54.5 Å². The van der Waals surface area contributed by atoms with Gasteiger partial charge < -0.3 is 14.2 Å². The van der Waals surface area contributed by atoms with Crippen LogP contribution in [-0.2, 0) is 6.61 Å². The van der Waals surface area contributed by atoms with Crippen LogP contribution in [0.3, 0.4) is 0 Å². The average Bonchev–Trinajstić information content (AvgIpc) is 3.47. The third-order valence-electron chi connectivity index (χ3n) is 5.98. The van der Waals surface area contributed by atoms with E-state index in [1.807, 2.05) is 24.3 Å². The number of halogens is 1. The largest absolute Gasteiger partial charge is 0.497 e. The first-order chi connectivity index (χ1) is 15.7. The molecule has 5 rings (SSSR count). The Balaban J connectivity index is 1.17. The monoisotopic (exact) mass is 435 g/mol. The fraction of sp³-hybridized carbons (Fsp3) is 0.320. The van der Waals surface area contributed by atoms with Crippen molar-refractivity contribution in [2.75, 3.05) is 33.4 Å². The molecule has 0 saturated carbocycles. The molecule has 0 radical (unpaired) electrons. The van der Waals surface area contributed by atoms with Gasteiger partial charge in [-0.05, 0) is 61.0 Å². The lowest BCUT2D eigenvalue weighted by molar-refractivity contribution is 0.286. The topological polar surface area (TPSA) is 59.6 Å². The lowest BCUT2D eigenvalue weighted by Gasteiger charge is -2.22. The first kappa shape index (κ1) is 20.6. The van der Waals surface area contributed by atoms with Crippen molar-refractivity contribution in [2.24, 2.45) is 0 Å². The molecular formula is C25H26FN3O3. The smallest absolute Gasteiger partial charge is 0.165 e. The molecule has 0 unspecified atom stereocenters. The second-order valence-electron chi connectivity index (χ2n) is 8.25. The number of benzene rings is 2. The first-order valence-corrected chi connectivity index (χ1v) is 10.8. The van der Waals surface area contributed by atoms with Gasteiger partial charge >= 0.3 is 0 Å². The maximum Gasteiger partial charge on any atom is 0.165 e. The molecule has 3 heterocycles. The van der Waals surface area contributed by atoms with E-state index < -0.39 is 0 Å². The molecule has 3 aromatic rings. The maximum atomic E-state index is 13.7. The van der Waals surface area contributed by atoms with E-state index in [2.05, 4.69) is 21.2 Å². The molecule has 0 aliphatic carbocycles. The number of nitrogens with zero attached hydrogens (tertiary/aromatic N) is 2. The van der Waals surface area contributed by atoms with Crippen molar-refractivity contribution in [3.8, 4) is 17.2 Å². The van der Waals surface area contributed by atoms with Gasteiger partial charge in [0.15, 0.2) is 11.6 Å². The highest BCUT2D eigenvalue weighted by atomic mass is 19.1. The van der Waals surface area contributed by atoms with E-state index in [9.17, 15) is 4.39 Å². The van der Waals surface area contributed by atoms with Crippen molar-refractivity contribution >= 4 is 6.08 Å². The van der Waals surface area contributed by atoms with Crippen molar-refractivity contribution in [2.45, 2.75) is 18.9 Å². The van der Waals surface area contributed by atoms with E-state index in [-0.39, 0.29) is 18.2 Å². The number of H-pyrrole nitrogens is 1. The number of fused-ring (bicyclic) bond motifs is 1. The molecule has 2 aromatic carbocycles. The second kappa shape index (κ2) is 9.04. The van der Waals surface area contributed by atoms with Gasteiger partial charge in [0.2, 0.25) is 0 Å². The number of methoxy groups -OCH3 is 1. The Labute approximate surface area is 186 Å². The minimum absolute atomic E-state index is 0.248. The number of para-hydroxylation sites is 1. The molecule has 0 spiro atoms. The number of nitrogens with one attached hydrogen (secondary N) is 1. The van der Waals surface area contributed by atoms with Crippen molar-refractivity contribution in [3.63, 3.8) is 0 Å². The molecule has 1 fully saturated rings. The highest BCUT2D eigenvalue weighted by molar-refractivity contribution is 5.64. The van der Waals surface area contributed by atoms with Crippen LogP contribution in [0.2, 0.25) is 0 Å². The van der Waals surface area contributed by atoms with Gasteiger partial charge in [-0.3, -0.25) is 10.00 Å². The number of likely N-dealkylation sites (tertiary alicyclic amines) is 1. The van der Waals surface area contributed by atoms with Crippen LogP contribution >= 0.6 is 0 Å². The Morgan fingerprint density at radius 3 is 3.00 bits per heavy atom. The fourth-order valence-electron chi connectivity index (χ4n) is 4.31. The Bertz CT molecular complexity index is 1130. The number of aromatic nitrogens is 2. The van der Waals surface area contributed by atoms with Crippen molar-refractivity contribution in [1.29, 1.82) is 0 Å². The SMILES string of the molecule is COc1ccc2c(c1)C=C(CN1CC[C@@H](c3cc(COc4ccccc4F)[nH]n3)C1)CO2. The number of rotatable bonds is 7. The Morgan fingerprint density at radius 2 is 2.12 bits per heavy atom. The molecule has 0 amide bonds. The van der Waals surface area contributed by atoms with Gasteiger partial charge in [-0.25, -0.2) is 4.39 Å². The Morgan fingerprint density at radius 1 is 1.22 bits per heavy atom. The van der Waals surface area contributed by atoms with Crippen LogP contribution in [0, 0.1) is 5.82 Å². The zero-order valence-corrected chi connectivity index (χ0v) is 18.0. The molecule has 1 N–H and O–H groups in total. The van der Waals surface area contributed by atoms with E-state index in [1.165, 1.54) is 11.6 Å². The van der Waals surface area contributed by atoms with Crippen LogP contribution in [0.15, 0.2) is 54.1 Å². The van der Waals surface area contributed by atoms with E-state index in [4.69, 9.17) is 14.2 Å². The lowest BCUT2D eigenvalue weighted by atomic mass is 10.0. The van der Waals surface area contributed by atoms with Gasteiger partial charge in [0.25, 0.3) is 0 Å². The summed E-state index contributed by atoms with van der Waals surface area (Å²) in [4.78, 5) is 2.44. The summed E-state index contributed by atoms with van der Waals surface area (Å²) in [6.45, 7) is 3.71. The van der Waals surface area contributed by atoms with Crippen LogP contribution in [0.1, 0.15) is 29.3 Å². The van der Waals surface area contributed by atoms with Gasteiger partial charge in [0.1, 0.15) is 24.7 Å². The lowest BCUT2D eigenvalue weighted by Crippen LogP contribution is -2.26. The summed E-state index contributed by atoms with van der Waals surface area (Å²) < 4.78 is 30.6. The van der Waals surface area contributed by atoms with Gasteiger partial charge in [-0.2, -0.15) is 5.10 Å². The summed E-state index contributed by atoms with van der Waals surface area (Å²) in [5, 5.41) is 7.52. The zero-order chi connectivity index (χ0) is 21.9. The average molecular weight is 435 g/mol. The second-order valence-corrected chi connectivity index (χ2v) is 8.25. The third kappa shape index (κ3) is 4.48. The number of hydrogen-bond donors (Lipinski definition) is 1. The molecule has 6 nitrogen and oxygen atoms in total. The van der Waals surface area contributed by atoms with Crippen LogP contribution < -0.4 is 14.2 Å². The normalized spacial score (nSPS) is 18.1. The van der Waals surface area contributed by atoms with Crippen LogP contribution in [-0.4, -0.2) is 48.4 Å². The van der Waals surface area contributed by atoms with Gasteiger partial charge in [-0.15, -0.1) is 0 Å². The predicted octanol–water partition coefficient (Wildman–Crippen LogP) is 4.40. The summed E-state index contributed by atoms with van der Waals surface area (Å²) >= 11 is 0. The van der Waals surface area contributed by atoms with Gasteiger partial charge in [-0.1, -0.05) is 12.1 Å². The summed E-state index contributed by atoms with van der Waals surface area (Å²) in [5.74, 6) is 1.99. The molecule has 0 bridgehead atoms. The van der Waals surface area contributed by atoms with Gasteiger partial charge in [0.05, 0.1) is 18.5 Å². The van der Waals surface area contributed by atoms with Crippen LogP contribution in [0.5, 0.6) is 17.2 Å². The summed E-state index contributed by atoms with van der Waals surface area (Å²) in [7, 11) is 1.67. The molecule has 166 valence electrons. The first-order valence-electron chi connectivity index (χ1n) is 10.8. The number of ether oxygens (including phenoxy) is 3. The molecule has 1 atom stereocenters. The fourth-order valence-corrected chi connectivity index (χ4v) is 4.31. The minimum Gasteiger partial charge on any atom is -0.497 e. The summed E-state index contributed by atoms with van der Waals surface area (Å²) in [6.07, 6.45) is 3.26. The van der Waals surface area contributed by atoms with Crippen molar-refractivity contribution in [1.82, 2.24) is 15.1 Å². The molecule has 2 aliphatic rings. The maximum absolute atomic E-state index is 13.7. The van der Waals surface area contributed by atoms with Crippen molar-refractivity contribution < 1.29 is 18.6 Å². The molecular weight excluding hydrogens is 409 g/mol. The highest BCUT2D eigenvalue weighted by Gasteiger charge is 2.27. The van der Waals surface area contributed by atoms with Crippen molar-refractivity contribution in [3.05, 3.63) is 76.9 Å². The van der Waals surface area contributed by atoms with Crippen LogP contribution in [0.25, 0.3) is 6.08 Å². The van der Waals surface area contributed by atoms with E-state index in [1.54, 1.807) is 25.3 Å². The van der Waals surface area contributed by atoms with Crippen LogP contribution in [0.4, 0.5) is 4.39 Å². The Hall–Kier alpha value is -3.32. The molecule has 2 aliphatic heterocycles. The highest BCUT2D eigenvalue weighted by Crippen LogP contribution is 2.32. The number of hydrogen-bond acceptors (Lipinski definition) is 5. The van der Waals surface area contributed by atoms with E-state index in [0.29, 0.717) is 12.5 Å². The van der Waals surface area contributed by atoms with E-state index >= 15 is 0 Å². The molecule has 1 aromatic heterocycles. The third-order valence-corrected chi connectivity index (χ3v) is 5.98. The quantitative estimate of drug-likeness (QED) is 0.596. The molecule has 7 heteroatoms. The van der Waals surface area contributed by atoms with Gasteiger partial charge in [0, 0.05) is 24.6 Å². The molecule has 32 heavy (non-hydrogen) atoms. The summed E-state index contributed by atoms with van der Waals surface area (Å²) in [6, 6.07) is 14.3. The predicted molar refractivity (Wildman–Crippen MR) is 120 cm³/mol. The molecule has 1 saturated heterocycles. The number of aromatic amines is 1. The standard InChI is InChI=1S/C25H26FN3O3/c1-30-21-6-7-24-19(11-21)10-17(15-31-24)13-29-9-8-18(14-29)23-12-20(27-28-23)16-32-25-5-3-2-4-22(25)26/h2-7,10-12,18H,8-9,13-16H2,1H3,(H,27,28)/t18-/m1/s1. The zero-order valence-electron chi connectivity index (χ0n) is 18.0. The summed E-state index contributed by atoms with van der Waals surface area (Å²) in [5.41, 5.74) is 4.19.